The molecule has 0 bridgehead atoms. The van der Waals surface area contributed by atoms with Crippen molar-refractivity contribution in [3.63, 3.8) is 0 Å². The SMILES string of the molecule is Cc1nonc1C(=O)N[C@H](c1cn2ncc(C3(N4C[C@H](C(F)(F)F)NC4=O)CCOCC3)nc2n1)C1CCC(F)(F)CC1. The van der Waals surface area contributed by atoms with Crippen LogP contribution < -0.4 is 10.6 Å². The summed E-state index contributed by atoms with van der Waals surface area (Å²) < 4.78 is 79.9. The van der Waals surface area contributed by atoms with Crippen LogP contribution in [0.15, 0.2) is 17.0 Å². The molecule has 18 heteroatoms. The predicted octanol–water partition coefficient (Wildman–Crippen LogP) is 3.07. The lowest BCUT2D eigenvalue weighted by Crippen LogP contribution is -2.52. The second kappa shape index (κ2) is 10.6. The standard InChI is InChI=1S/C25H28F5N9O4/c1-13-18(37-43-36-13)20(40)35-19(14-2-4-24(26,27)5-3-14)15-11-39-21(32-15)33-16(10-31-39)23(6-8-42-9-7-23)38-12-17(25(28,29)30)34-22(38)41/h10-11,14,17,19H,2-9,12H2,1H3,(H,34,41)(H,35,40)/t17-,19+/m1/s1. The zero-order chi connectivity index (χ0) is 30.6. The van der Waals surface area contributed by atoms with Gasteiger partial charge in [0.05, 0.1) is 41.9 Å². The van der Waals surface area contributed by atoms with Crippen LogP contribution in [0.3, 0.4) is 0 Å². The largest absolute Gasteiger partial charge is 0.410 e. The smallest absolute Gasteiger partial charge is 0.381 e. The van der Waals surface area contributed by atoms with Crippen LogP contribution in [-0.4, -0.2) is 84.6 Å². The topological polar surface area (TPSA) is 153 Å². The fraction of sp³-hybridized carbons (Fsp3) is 0.640. The summed E-state index contributed by atoms with van der Waals surface area (Å²) in [5, 5.41) is 16.5. The molecule has 3 amide bonds. The van der Waals surface area contributed by atoms with E-state index in [1.165, 1.54) is 23.8 Å². The highest BCUT2D eigenvalue weighted by atomic mass is 19.4. The van der Waals surface area contributed by atoms with Gasteiger partial charge in [-0.05, 0) is 43.7 Å². The molecule has 1 saturated carbocycles. The van der Waals surface area contributed by atoms with Gasteiger partial charge >= 0.3 is 12.2 Å². The van der Waals surface area contributed by atoms with Crippen molar-refractivity contribution in [1.82, 2.24) is 45.4 Å². The maximum Gasteiger partial charge on any atom is 0.410 e. The Morgan fingerprint density at radius 2 is 1.86 bits per heavy atom. The number of aromatic nitrogens is 6. The van der Waals surface area contributed by atoms with Crippen molar-refractivity contribution in [3.05, 3.63) is 35.2 Å². The summed E-state index contributed by atoms with van der Waals surface area (Å²) in [6.07, 6.45) is -1.87. The van der Waals surface area contributed by atoms with Gasteiger partial charge in [0, 0.05) is 26.1 Å². The van der Waals surface area contributed by atoms with Crippen LogP contribution >= 0.6 is 0 Å². The van der Waals surface area contributed by atoms with E-state index < -0.39 is 54.1 Å². The lowest BCUT2D eigenvalue weighted by molar-refractivity contribution is -0.151. The number of imidazole rings is 1. The molecule has 232 valence electrons. The van der Waals surface area contributed by atoms with Gasteiger partial charge in [-0.2, -0.15) is 18.3 Å². The Bertz CT molecular complexity index is 1510. The molecule has 43 heavy (non-hydrogen) atoms. The van der Waals surface area contributed by atoms with Crippen LogP contribution in [0.4, 0.5) is 26.7 Å². The minimum atomic E-state index is -4.63. The number of carbonyl (C=O) groups excluding carboxylic acids is 2. The number of halogens is 5. The summed E-state index contributed by atoms with van der Waals surface area (Å²) in [7, 11) is 0. The van der Waals surface area contributed by atoms with E-state index in [4.69, 9.17) is 4.74 Å². The summed E-state index contributed by atoms with van der Waals surface area (Å²) in [6, 6.07) is -3.73. The van der Waals surface area contributed by atoms with Crippen LogP contribution in [0.2, 0.25) is 0 Å². The van der Waals surface area contributed by atoms with Gasteiger partial charge in [0.15, 0.2) is 5.69 Å². The van der Waals surface area contributed by atoms with Gasteiger partial charge in [-0.25, -0.2) is 32.7 Å². The normalized spacial score (nSPS) is 23.3. The molecule has 3 aliphatic rings. The Morgan fingerprint density at radius 1 is 1.14 bits per heavy atom. The van der Waals surface area contributed by atoms with Gasteiger partial charge in [0.25, 0.3) is 11.7 Å². The average Bonchev–Trinajstić information content (AvgIpc) is 3.69. The highest BCUT2D eigenvalue weighted by Crippen LogP contribution is 2.42. The van der Waals surface area contributed by atoms with E-state index in [1.54, 1.807) is 0 Å². The molecule has 2 saturated heterocycles. The number of amides is 3. The number of aryl methyl sites for hydroxylation is 1. The second-order valence-corrected chi connectivity index (χ2v) is 11.2. The molecule has 0 radical (unpaired) electrons. The zero-order valence-electron chi connectivity index (χ0n) is 22.9. The molecule has 0 unspecified atom stereocenters. The molecule has 13 nitrogen and oxygen atoms in total. The molecular weight excluding hydrogens is 585 g/mol. The number of ether oxygens (including phenoxy) is 1. The third kappa shape index (κ3) is 5.47. The fourth-order valence-corrected chi connectivity index (χ4v) is 6.11. The molecule has 0 spiro atoms. The number of fused-ring (bicyclic) bond motifs is 1. The summed E-state index contributed by atoms with van der Waals surface area (Å²) >= 11 is 0. The van der Waals surface area contributed by atoms with Gasteiger partial charge in [0.2, 0.25) is 5.92 Å². The first-order valence-electron chi connectivity index (χ1n) is 13.8. The Balaban J connectivity index is 1.34. The average molecular weight is 614 g/mol. The van der Waals surface area contributed by atoms with E-state index in [-0.39, 0.29) is 74.6 Å². The van der Waals surface area contributed by atoms with Gasteiger partial charge in [-0.3, -0.25) is 4.79 Å². The van der Waals surface area contributed by atoms with Crippen molar-refractivity contribution in [2.24, 2.45) is 5.92 Å². The van der Waals surface area contributed by atoms with E-state index in [0.29, 0.717) is 5.69 Å². The monoisotopic (exact) mass is 613 g/mol. The van der Waals surface area contributed by atoms with Gasteiger partial charge < -0.3 is 20.3 Å². The number of hydrogen-bond donors (Lipinski definition) is 2. The molecule has 3 aromatic rings. The number of alkyl halides is 5. The van der Waals surface area contributed by atoms with E-state index in [0.717, 1.165) is 4.90 Å². The minimum Gasteiger partial charge on any atom is -0.381 e. The predicted molar refractivity (Wildman–Crippen MR) is 134 cm³/mol. The fourth-order valence-electron chi connectivity index (χ4n) is 6.11. The lowest BCUT2D eigenvalue weighted by Gasteiger charge is -2.43. The van der Waals surface area contributed by atoms with Crippen LogP contribution in [0.1, 0.15) is 72.1 Å². The van der Waals surface area contributed by atoms with Crippen molar-refractivity contribution in [3.8, 4) is 0 Å². The summed E-state index contributed by atoms with van der Waals surface area (Å²) in [5.41, 5.74) is -0.512. The molecule has 6 rings (SSSR count). The van der Waals surface area contributed by atoms with E-state index in [9.17, 15) is 31.5 Å². The maximum atomic E-state index is 14.0. The number of urea groups is 1. The highest BCUT2D eigenvalue weighted by molar-refractivity contribution is 5.93. The van der Waals surface area contributed by atoms with Crippen molar-refractivity contribution in [2.75, 3.05) is 19.8 Å². The molecule has 2 aliphatic heterocycles. The molecule has 3 aromatic heterocycles. The first-order valence-corrected chi connectivity index (χ1v) is 13.8. The molecule has 2 atom stereocenters. The van der Waals surface area contributed by atoms with E-state index in [1.807, 2.05) is 5.32 Å². The molecule has 5 heterocycles. The van der Waals surface area contributed by atoms with Gasteiger partial charge in [-0.1, -0.05) is 5.16 Å². The lowest BCUT2D eigenvalue weighted by atomic mass is 9.81. The van der Waals surface area contributed by atoms with Crippen LogP contribution in [0.5, 0.6) is 0 Å². The summed E-state index contributed by atoms with van der Waals surface area (Å²) in [5.74, 6) is -3.77. The summed E-state index contributed by atoms with van der Waals surface area (Å²) in [6.45, 7) is 1.30. The number of carbonyl (C=O) groups is 2. The molecule has 3 fully saturated rings. The van der Waals surface area contributed by atoms with Crippen molar-refractivity contribution in [2.45, 2.75) is 75.2 Å². The minimum absolute atomic E-state index is 0.0593. The Hall–Kier alpha value is -3.96. The van der Waals surface area contributed by atoms with Crippen LogP contribution in [-0.2, 0) is 10.3 Å². The van der Waals surface area contributed by atoms with Crippen molar-refractivity contribution >= 4 is 17.7 Å². The number of nitrogens with zero attached hydrogens (tertiary/aromatic N) is 7. The highest BCUT2D eigenvalue weighted by Gasteiger charge is 2.54. The molecule has 2 N–H and O–H groups in total. The Kier molecular flexibility index (Phi) is 7.21. The first kappa shape index (κ1) is 29.1. The third-order valence-corrected chi connectivity index (χ3v) is 8.54. The van der Waals surface area contributed by atoms with E-state index in [2.05, 4.69) is 35.3 Å². The first-order chi connectivity index (χ1) is 20.4. The summed E-state index contributed by atoms with van der Waals surface area (Å²) in [4.78, 5) is 36.2. The zero-order valence-corrected chi connectivity index (χ0v) is 22.9. The number of nitrogens with one attached hydrogen (secondary N) is 2. The van der Waals surface area contributed by atoms with Crippen LogP contribution in [0.25, 0.3) is 5.78 Å². The second-order valence-electron chi connectivity index (χ2n) is 11.2. The Labute approximate surface area is 240 Å². The third-order valence-electron chi connectivity index (χ3n) is 8.54. The van der Waals surface area contributed by atoms with Gasteiger partial charge in [-0.15, -0.1) is 0 Å². The molecular formula is C25H28F5N9O4. The number of rotatable bonds is 6. The quantitative estimate of drug-likeness (QED) is 0.400. The van der Waals surface area contributed by atoms with E-state index >= 15 is 0 Å². The van der Waals surface area contributed by atoms with Gasteiger partial charge in [0.1, 0.15) is 11.7 Å². The van der Waals surface area contributed by atoms with Crippen molar-refractivity contribution in [1.29, 1.82) is 0 Å². The number of hydrogen-bond acceptors (Lipinski definition) is 9. The van der Waals surface area contributed by atoms with Crippen molar-refractivity contribution < 1.29 is 40.9 Å². The molecule has 1 aliphatic carbocycles. The molecule has 0 aromatic carbocycles. The maximum absolute atomic E-state index is 14.0. The van der Waals surface area contributed by atoms with Crippen LogP contribution in [0, 0.1) is 12.8 Å². The Morgan fingerprint density at radius 3 is 2.49 bits per heavy atom.